The lowest BCUT2D eigenvalue weighted by Gasteiger charge is -2.13. The van der Waals surface area contributed by atoms with Gasteiger partial charge in [-0.05, 0) is 43.2 Å². The van der Waals surface area contributed by atoms with Gasteiger partial charge in [0.05, 0.1) is 4.90 Å². The highest BCUT2D eigenvalue weighted by molar-refractivity contribution is 8.00. The minimum atomic E-state index is -3.56. The van der Waals surface area contributed by atoms with Gasteiger partial charge in [-0.15, -0.1) is 0 Å². The van der Waals surface area contributed by atoms with Crippen LogP contribution in [0, 0.1) is 6.92 Å². The Morgan fingerprint density at radius 1 is 1.19 bits per heavy atom. The number of rotatable bonds is 5. The molecule has 2 aromatic rings. The molecular weight excluding hydrogens is 370 g/mol. The predicted molar refractivity (Wildman–Crippen MR) is 104 cm³/mol. The molecule has 8 heteroatoms. The molecule has 0 aliphatic carbocycles. The first kappa shape index (κ1) is 20.0. The molecule has 138 valence electrons. The zero-order valence-electron chi connectivity index (χ0n) is 14.8. The fraction of sp³-hybridized carbons (Fsp3) is 0.222. The first-order valence-corrected chi connectivity index (χ1v) is 10.6. The Morgan fingerprint density at radius 2 is 1.88 bits per heavy atom. The third kappa shape index (κ3) is 4.86. The number of nitrogens with zero attached hydrogens (tertiary/aromatic N) is 1. The van der Waals surface area contributed by atoms with Crippen LogP contribution in [0.5, 0.6) is 0 Å². The molecule has 26 heavy (non-hydrogen) atoms. The molecule has 2 rings (SSSR count). The van der Waals surface area contributed by atoms with Crippen LogP contribution in [0.2, 0.25) is 0 Å². The van der Waals surface area contributed by atoms with E-state index in [2.05, 4.69) is 4.99 Å². The Balaban J connectivity index is 2.64. The monoisotopic (exact) mass is 391 g/mol. The second kappa shape index (κ2) is 7.92. The van der Waals surface area contributed by atoms with Gasteiger partial charge < -0.3 is 11.5 Å². The van der Waals surface area contributed by atoms with E-state index < -0.39 is 15.7 Å². The molecule has 0 aromatic heterocycles. The molecule has 2 aromatic carbocycles. The SMILES string of the molecule is CCc1cc(Sc2cccc(C)c2)c(S(C)(=O)=O)cc1C(=O)N=C(N)N. The van der Waals surface area contributed by atoms with Gasteiger partial charge in [0.15, 0.2) is 15.8 Å². The number of sulfone groups is 1. The van der Waals surface area contributed by atoms with E-state index >= 15 is 0 Å². The zero-order chi connectivity index (χ0) is 19.5. The predicted octanol–water partition coefficient (Wildman–Crippen LogP) is 2.53. The summed E-state index contributed by atoms with van der Waals surface area (Å²) in [7, 11) is -3.56. The molecular formula is C18H21N3O3S2. The quantitative estimate of drug-likeness (QED) is 0.598. The van der Waals surface area contributed by atoms with Crippen molar-refractivity contribution in [3.63, 3.8) is 0 Å². The molecule has 0 bridgehead atoms. The van der Waals surface area contributed by atoms with Crippen molar-refractivity contribution in [3.05, 3.63) is 53.1 Å². The van der Waals surface area contributed by atoms with E-state index in [9.17, 15) is 13.2 Å². The lowest BCUT2D eigenvalue weighted by Crippen LogP contribution is -2.24. The summed E-state index contributed by atoms with van der Waals surface area (Å²) >= 11 is 1.34. The molecule has 0 heterocycles. The Labute approximate surface area is 157 Å². The van der Waals surface area contributed by atoms with Gasteiger partial charge in [-0.25, -0.2) is 8.42 Å². The van der Waals surface area contributed by atoms with Crippen molar-refractivity contribution >= 4 is 33.5 Å². The molecule has 0 saturated carbocycles. The van der Waals surface area contributed by atoms with Crippen LogP contribution in [0.3, 0.4) is 0 Å². The Bertz CT molecular complexity index is 979. The highest BCUT2D eigenvalue weighted by Crippen LogP contribution is 2.35. The average molecular weight is 392 g/mol. The lowest BCUT2D eigenvalue weighted by molar-refractivity contribution is 0.100. The first-order valence-electron chi connectivity index (χ1n) is 7.87. The van der Waals surface area contributed by atoms with Crippen LogP contribution in [-0.2, 0) is 16.3 Å². The molecule has 0 atom stereocenters. The summed E-state index contributed by atoms with van der Waals surface area (Å²) in [5.74, 6) is -1.02. The van der Waals surface area contributed by atoms with Crippen LogP contribution in [0.25, 0.3) is 0 Å². The minimum absolute atomic E-state index is 0.0790. The fourth-order valence-corrected chi connectivity index (χ4v) is 4.79. The molecule has 0 aliphatic rings. The number of amides is 1. The summed E-state index contributed by atoms with van der Waals surface area (Å²) in [5, 5.41) is 0. The van der Waals surface area contributed by atoms with Crippen molar-refractivity contribution in [2.45, 2.75) is 35.0 Å². The standard InChI is InChI=1S/C18H21N3O3S2/c1-4-12-9-15(25-13-7-5-6-11(2)8-13)16(26(3,23)24)10-14(12)17(22)21-18(19)20/h5-10H,4H2,1-3H3,(H4,19,20,21,22). The van der Waals surface area contributed by atoms with E-state index in [4.69, 9.17) is 11.5 Å². The van der Waals surface area contributed by atoms with E-state index in [1.807, 2.05) is 38.1 Å². The number of carbonyl (C=O) groups excluding carboxylic acids is 1. The highest BCUT2D eigenvalue weighted by atomic mass is 32.2. The van der Waals surface area contributed by atoms with Gasteiger partial charge in [0, 0.05) is 21.6 Å². The third-order valence-corrected chi connectivity index (χ3v) is 5.94. The Kier molecular flexibility index (Phi) is 6.09. The van der Waals surface area contributed by atoms with Gasteiger partial charge in [-0.2, -0.15) is 4.99 Å². The van der Waals surface area contributed by atoms with Crippen LogP contribution in [0.15, 0.2) is 56.1 Å². The largest absolute Gasteiger partial charge is 0.370 e. The van der Waals surface area contributed by atoms with Gasteiger partial charge in [-0.1, -0.05) is 36.4 Å². The smallest absolute Gasteiger partial charge is 0.280 e. The molecule has 0 radical (unpaired) electrons. The summed E-state index contributed by atoms with van der Waals surface area (Å²) in [5.41, 5.74) is 12.5. The first-order chi connectivity index (χ1) is 12.1. The summed E-state index contributed by atoms with van der Waals surface area (Å²) in [4.78, 5) is 17.4. The maximum atomic E-state index is 12.3. The van der Waals surface area contributed by atoms with Gasteiger partial charge in [0.25, 0.3) is 5.91 Å². The summed E-state index contributed by atoms with van der Waals surface area (Å²) in [6.45, 7) is 3.85. The maximum absolute atomic E-state index is 12.3. The normalized spacial score (nSPS) is 11.2. The fourth-order valence-electron chi connectivity index (χ4n) is 2.45. The number of guanidine groups is 1. The van der Waals surface area contributed by atoms with Crippen molar-refractivity contribution in [2.24, 2.45) is 16.5 Å². The van der Waals surface area contributed by atoms with Crippen LogP contribution in [0.4, 0.5) is 0 Å². The maximum Gasteiger partial charge on any atom is 0.280 e. The molecule has 0 fully saturated rings. The van der Waals surface area contributed by atoms with E-state index in [-0.39, 0.29) is 16.4 Å². The third-order valence-electron chi connectivity index (χ3n) is 3.63. The number of nitrogens with two attached hydrogens (primary N) is 2. The van der Waals surface area contributed by atoms with Crippen LogP contribution < -0.4 is 11.5 Å². The van der Waals surface area contributed by atoms with Crippen LogP contribution >= 0.6 is 11.8 Å². The number of carbonyl (C=O) groups is 1. The summed E-state index contributed by atoms with van der Waals surface area (Å²) in [6.07, 6.45) is 1.65. The van der Waals surface area contributed by atoms with E-state index in [0.717, 1.165) is 16.7 Å². The Morgan fingerprint density at radius 3 is 2.42 bits per heavy atom. The number of hydrogen-bond donors (Lipinski definition) is 2. The number of aliphatic imine (C=N–C) groups is 1. The van der Waals surface area contributed by atoms with Crippen molar-refractivity contribution in [2.75, 3.05) is 6.26 Å². The lowest BCUT2D eigenvalue weighted by atomic mass is 10.0. The van der Waals surface area contributed by atoms with Crippen molar-refractivity contribution in [1.29, 1.82) is 0 Å². The molecule has 0 saturated heterocycles. The number of hydrogen-bond acceptors (Lipinski definition) is 4. The number of benzene rings is 2. The van der Waals surface area contributed by atoms with Crippen molar-refractivity contribution < 1.29 is 13.2 Å². The topological polar surface area (TPSA) is 116 Å². The minimum Gasteiger partial charge on any atom is -0.370 e. The molecule has 0 unspecified atom stereocenters. The molecule has 0 spiro atoms. The summed E-state index contributed by atoms with van der Waals surface area (Å²) < 4.78 is 24.6. The number of aryl methyl sites for hydroxylation is 2. The van der Waals surface area contributed by atoms with Gasteiger partial charge in [0.1, 0.15) is 0 Å². The van der Waals surface area contributed by atoms with E-state index in [1.54, 1.807) is 6.07 Å². The molecule has 6 nitrogen and oxygen atoms in total. The summed E-state index contributed by atoms with van der Waals surface area (Å²) in [6, 6.07) is 10.8. The Hall–Kier alpha value is -2.32. The van der Waals surface area contributed by atoms with E-state index in [0.29, 0.717) is 16.9 Å². The second-order valence-electron chi connectivity index (χ2n) is 5.84. The van der Waals surface area contributed by atoms with Crippen molar-refractivity contribution in [1.82, 2.24) is 0 Å². The second-order valence-corrected chi connectivity index (χ2v) is 8.94. The molecule has 4 N–H and O–H groups in total. The molecule has 1 amide bonds. The van der Waals surface area contributed by atoms with Crippen molar-refractivity contribution in [3.8, 4) is 0 Å². The van der Waals surface area contributed by atoms with Gasteiger partial charge in [-0.3, -0.25) is 4.79 Å². The van der Waals surface area contributed by atoms with Gasteiger partial charge in [0.2, 0.25) is 0 Å². The van der Waals surface area contributed by atoms with Crippen LogP contribution in [0.1, 0.15) is 28.4 Å². The zero-order valence-corrected chi connectivity index (χ0v) is 16.4. The average Bonchev–Trinajstić information content (AvgIpc) is 2.52. The molecule has 0 aliphatic heterocycles. The van der Waals surface area contributed by atoms with E-state index in [1.165, 1.54) is 17.8 Å². The van der Waals surface area contributed by atoms with Crippen LogP contribution in [-0.4, -0.2) is 26.5 Å². The van der Waals surface area contributed by atoms with Gasteiger partial charge >= 0.3 is 0 Å². The highest BCUT2D eigenvalue weighted by Gasteiger charge is 2.21.